The number of halogens is 1. The summed E-state index contributed by atoms with van der Waals surface area (Å²) in [6, 6.07) is 10.7. The van der Waals surface area contributed by atoms with Gasteiger partial charge in [0.2, 0.25) is 0 Å². The predicted molar refractivity (Wildman–Crippen MR) is 99.4 cm³/mol. The van der Waals surface area contributed by atoms with Gasteiger partial charge in [-0.3, -0.25) is 4.79 Å². The van der Waals surface area contributed by atoms with E-state index >= 15 is 0 Å². The number of amides is 1. The number of hydrogen-bond acceptors (Lipinski definition) is 5. The molecule has 0 spiro atoms. The van der Waals surface area contributed by atoms with Crippen molar-refractivity contribution in [3.63, 3.8) is 0 Å². The van der Waals surface area contributed by atoms with E-state index in [2.05, 4.69) is 26.5 Å². The van der Waals surface area contributed by atoms with Crippen LogP contribution in [0.4, 0.5) is 0 Å². The quantitative estimate of drug-likeness (QED) is 0.545. The van der Waals surface area contributed by atoms with Crippen LogP contribution >= 0.6 is 15.9 Å². The van der Waals surface area contributed by atoms with Gasteiger partial charge in [-0.15, -0.1) is 0 Å². The molecule has 0 heterocycles. The van der Waals surface area contributed by atoms with E-state index in [0.29, 0.717) is 23.7 Å². The third-order valence-corrected chi connectivity index (χ3v) is 3.58. The Morgan fingerprint density at radius 1 is 1.32 bits per heavy atom. The number of benzene rings is 2. The van der Waals surface area contributed by atoms with Crippen molar-refractivity contribution in [2.75, 3.05) is 13.2 Å². The molecule has 2 N–H and O–H groups in total. The van der Waals surface area contributed by atoms with Crippen LogP contribution in [0, 0.1) is 6.92 Å². The van der Waals surface area contributed by atoms with Gasteiger partial charge < -0.3 is 14.6 Å². The van der Waals surface area contributed by atoms with E-state index in [4.69, 9.17) is 9.47 Å². The van der Waals surface area contributed by atoms with Crippen LogP contribution in [-0.4, -0.2) is 30.4 Å². The summed E-state index contributed by atoms with van der Waals surface area (Å²) in [5.74, 6) is 0.508. The Labute approximate surface area is 154 Å². The monoisotopic (exact) mass is 406 g/mol. The maximum atomic E-state index is 11.8. The highest BCUT2D eigenvalue weighted by atomic mass is 79.9. The summed E-state index contributed by atoms with van der Waals surface area (Å²) in [6.07, 6.45) is 1.34. The van der Waals surface area contributed by atoms with Gasteiger partial charge in [0.05, 0.1) is 12.8 Å². The van der Waals surface area contributed by atoms with Gasteiger partial charge in [0.25, 0.3) is 5.91 Å². The van der Waals surface area contributed by atoms with Crippen LogP contribution in [0.2, 0.25) is 0 Å². The Morgan fingerprint density at radius 3 is 2.84 bits per heavy atom. The van der Waals surface area contributed by atoms with E-state index in [1.54, 1.807) is 18.2 Å². The number of ether oxygens (including phenoxy) is 2. The molecule has 1 amide bonds. The molecule has 0 aliphatic carbocycles. The number of hydrogen-bond donors (Lipinski definition) is 2. The molecule has 0 atom stereocenters. The lowest BCUT2D eigenvalue weighted by Crippen LogP contribution is -2.24. The fourth-order valence-electron chi connectivity index (χ4n) is 2.02. The fraction of sp³-hybridized carbons (Fsp3) is 0.222. The molecule has 0 saturated carbocycles. The molecule has 2 rings (SSSR count). The number of nitrogens with zero attached hydrogens (tertiary/aromatic N) is 1. The Kier molecular flexibility index (Phi) is 6.82. The van der Waals surface area contributed by atoms with E-state index in [0.717, 1.165) is 10.0 Å². The molecule has 0 aliphatic heterocycles. The normalized spacial score (nSPS) is 10.7. The Balaban J connectivity index is 1.93. The molecule has 6 nitrogen and oxygen atoms in total. The first-order valence-corrected chi connectivity index (χ1v) is 8.45. The standard InChI is InChI=1S/C18H19BrN2O4/c1-3-24-16-9-14(19)8-13(18(16)23)10-20-21-17(22)11-25-15-6-4-5-12(2)7-15/h4-10,23H,3,11H2,1-2H3,(H,21,22)/b20-10-. The molecule has 0 radical (unpaired) electrons. The minimum absolute atomic E-state index is 0.0425. The number of rotatable bonds is 7. The van der Waals surface area contributed by atoms with Gasteiger partial charge in [-0.05, 0) is 43.7 Å². The molecule has 2 aromatic rings. The Morgan fingerprint density at radius 2 is 2.12 bits per heavy atom. The number of carbonyl (C=O) groups excluding carboxylic acids is 1. The zero-order valence-corrected chi connectivity index (χ0v) is 15.5. The van der Waals surface area contributed by atoms with Crippen LogP contribution < -0.4 is 14.9 Å². The molecule has 0 saturated heterocycles. The Hall–Kier alpha value is -2.54. The smallest absolute Gasteiger partial charge is 0.277 e. The molecule has 25 heavy (non-hydrogen) atoms. The Bertz CT molecular complexity index is 778. The van der Waals surface area contributed by atoms with Crippen molar-refractivity contribution in [1.29, 1.82) is 0 Å². The summed E-state index contributed by atoms with van der Waals surface area (Å²) < 4.78 is 11.4. The first-order valence-electron chi connectivity index (χ1n) is 7.66. The van der Waals surface area contributed by atoms with Crippen LogP contribution in [0.5, 0.6) is 17.2 Å². The third kappa shape index (κ3) is 5.79. The third-order valence-electron chi connectivity index (χ3n) is 3.12. The minimum Gasteiger partial charge on any atom is -0.504 e. The molecule has 7 heteroatoms. The molecule has 132 valence electrons. The first kappa shape index (κ1) is 18.8. The average molecular weight is 407 g/mol. The van der Waals surface area contributed by atoms with Crippen LogP contribution in [0.15, 0.2) is 46.0 Å². The summed E-state index contributed by atoms with van der Waals surface area (Å²) in [6.45, 7) is 4.03. The fourth-order valence-corrected chi connectivity index (χ4v) is 2.47. The molecular weight excluding hydrogens is 388 g/mol. The molecule has 0 aromatic heterocycles. The van der Waals surface area contributed by atoms with Crippen molar-refractivity contribution >= 4 is 28.1 Å². The van der Waals surface area contributed by atoms with Crippen LogP contribution in [0.25, 0.3) is 0 Å². The summed E-state index contributed by atoms with van der Waals surface area (Å²) in [4.78, 5) is 11.8. The van der Waals surface area contributed by atoms with Gasteiger partial charge in [0.1, 0.15) is 5.75 Å². The maximum absolute atomic E-state index is 11.8. The summed E-state index contributed by atoms with van der Waals surface area (Å²) in [7, 11) is 0. The molecule has 0 fully saturated rings. The van der Waals surface area contributed by atoms with Gasteiger partial charge in [-0.2, -0.15) is 5.10 Å². The van der Waals surface area contributed by atoms with Crippen molar-refractivity contribution in [2.24, 2.45) is 5.10 Å². The predicted octanol–water partition coefficient (Wildman–Crippen LogP) is 3.39. The topological polar surface area (TPSA) is 80.2 Å². The summed E-state index contributed by atoms with van der Waals surface area (Å²) in [5.41, 5.74) is 3.81. The lowest BCUT2D eigenvalue weighted by atomic mass is 10.2. The summed E-state index contributed by atoms with van der Waals surface area (Å²) in [5, 5.41) is 13.9. The van der Waals surface area contributed by atoms with Gasteiger partial charge in [-0.1, -0.05) is 28.1 Å². The van der Waals surface area contributed by atoms with E-state index < -0.39 is 5.91 Å². The lowest BCUT2D eigenvalue weighted by molar-refractivity contribution is -0.123. The van der Waals surface area contributed by atoms with E-state index in [-0.39, 0.29) is 12.4 Å². The van der Waals surface area contributed by atoms with Gasteiger partial charge >= 0.3 is 0 Å². The number of aryl methyl sites for hydroxylation is 1. The van der Waals surface area contributed by atoms with Crippen molar-refractivity contribution in [1.82, 2.24) is 5.43 Å². The second kappa shape index (κ2) is 9.08. The number of nitrogens with one attached hydrogen (secondary N) is 1. The van der Waals surface area contributed by atoms with Crippen molar-refractivity contribution in [2.45, 2.75) is 13.8 Å². The van der Waals surface area contributed by atoms with Crippen molar-refractivity contribution < 1.29 is 19.4 Å². The highest BCUT2D eigenvalue weighted by molar-refractivity contribution is 9.10. The highest BCUT2D eigenvalue weighted by Gasteiger charge is 2.09. The van der Waals surface area contributed by atoms with Crippen LogP contribution in [-0.2, 0) is 4.79 Å². The number of aromatic hydroxyl groups is 1. The average Bonchev–Trinajstić information content (AvgIpc) is 2.57. The van der Waals surface area contributed by atoms with Gasteiger partial charge in [0, 0.05) is 10.0 Å². The van der Waals surface area contributed by atoms with Crippen molar-refractivity contribution in [3.8, 4) is 17.2 Å². The number of phenolic OH excluding ortho intramolecular Hbond substituents is 1. The van der Waals surface area contributed by atoms with Crippen LogP contribution in [0.3, 0.4) is 0 Å². The lowest BCUT2D eigenvalue weighted by Gasteiger charge is -2.09. The molecule has 0 aliphatic rings. The second-order valence-electron chi connectivity index (χ2n) is 5.17. The van der Waals surface area contributed by atoms with Crippen molar-refractivity contribution in [3.05, 3.63) is 52.0 Å². The number of hydrazone groups is 1. The van der Waals surface area contributed by atoms with Gasteiger partial charge in [0.15, 0.2) is 18.1 Å². The highest BCUT2D eigenvalue weighted by Crippen LogP contribution is 2.32. The first-order chi connectivity index (χ1) is 12.0. The zero-order chi connectivity index (χ0) is 18.2. The van der Waals surface area contributed by atoms with E-state index in [1.807, 2.05) is 32.0 Å². The SMILES string of the molecule is CCOc1cc(Br)cc(/C=N\NC(=O)COc2cccc(C)c2)c1O. The molecule has 2 aromatic carbocycles. The van der Waals surface area contributed by atoms with Gasteiger partial charge in [-0.25, -0.2) is 5.43 Å². The molecule has 0 bridgehead atoms. The maximum Gasteiger partial charge on any atom is 0.277 e. The van der Waals surface area contributed by atoms with E-state index in [1.165, 1.54) is 6.21 Å². The van der Waals surface area contributed by atoms with Crippen LogP contribution in [0.1, 0.15) is 18.1 Å². The number of carbonyl (C=O) groups is 1. The zero-order valence-electron chi connectivity index (χ0n) is 14.0. The number of phenols is 1. The molecule has 0 unspecified atom stereocenters. The van der Waals surface area contributed by atoms with E-state index in [9.17, 15) is 9.90 Å². The largest absolute Gasteiger partial charge is 0.504 e. The molecular formula is C18H19BrN2O4. The second-order valence-corrected chi connectivity index (χ2v) is 6.09. The summed E-state index contributed by atoms with van der Waals surface area (Å²) >= 11 is 3.33. The minimum atomic E-state index is -0.405.